The zero-order valence-corrected chi connectivity index (χ0v) is 12.5. The highest BCUT2D eigenvalue weighted by Crippen LogP contribution is 2.23. The highest BCUT2D eigenvalue weighted by atomic mass is 16.5. The molecule has 0 radical (unpaired) electrons. The Morgan fingerprint density at radius 3 is 2.52 bits per heavy atom. The summed E-state index contributed by atoms with van der Waals surface area (Å²) >= 11 is 0. The molecule has 0 aliphatic heterocycles. The predicted octanol–water partition coefficient (Wildman–Crippen LogP) is 4.49. The maximum atomic E-state index is 9.87. The monoisotopic (exact) mass is 283 g/mol. The van der Waals surface area contributed by atoms with Gasteiger partial charge in [0.25, 0.3) is 0 Å². The summed E-state index contributed by atoms with van der Waals surface area (Å²) in [5.74, 6) is 0.794. The Morgan fingerprint density at radius 1 is 1.14 bits per heavy atom. The zero-order valence-electron chi connectivity index (χ0n) is 12.5. The van der Waals surface area contributed by atoms with Crippen molar-refractivity contribution in [1.82, 2.24) is 0 Å². The van der Waals surface area contributed by atoms with Crippen molar-refractivity contribution < 1.29 is 9.84 Å². The summed E-state index contributed by atoms with van der Waals surface area (Å²) in [6.07, 6.45) is 5.19. The van der Waals surface area contributed by atoms with Crippen LogP contribution < -0.4 is 4.74 Å². The summed E-state index contributed by atoms with van der Waals surface area (Å²) in [6, 6.07) is 13.4. The fourth-order valence-electron chi connectivity index (χ4n) is 2.03. The molecule has 0 aromatic heterocycles. The van der Waals surface area contributed by atoms with E-state index in [1.165, 1.54) is 18.4 Å². The number of aliphatic imine (C=N–C) groups is 1. The maximum Gasteiger partial charge on any atom is 0.128 e. The Kier molecular flexibility index (Phi) is 5.38. The van der Waals surface area contributed by atoms with Gasteiger partial charge >= 0.3 is 0 Å². The summed E-state index contributed by atoms with van der Waals surface area (Å²) in [5.41, 5.74) is 2.89. The molecule has 2 rings (SSSR count). The van der Waals surface area contributed by atoms with Crippen LogP contribution in [0.4, 0.5) is 5.69 Å². The molecule has 0 unspecified atom stereocenters. The van der Waals surface area contributed by atoms with Crippen molar-refractivity contribution >= 4 is 11.9 Å². The van der Waals surface area contributed by atoms with Crippen LogP contribution in [0.2, 0.25) is 0 Å². The van der Waals surface area contributed by atoms with Crippen LogP contribution in [0.3, 0.4) is 0 Å². The van der Waals surface area contributed by atoms with Gasteiger partial charge in [-0.1, -0.05) is 25.5 Å². The van der Waals surface area contributed by atoms with Gasteiger partial charge in [0.1, 0.15) is 11.5 Å². The number of methoxy groups -OCH3 is 1. The van der Waals surface area contributed by atoms with E-state index >= 15 is 0 Å². The molecule has 3 heteroatoms. The fourth-order valence-corrected chi connectivity index (χ4v) is 2.03. The van der Waals surface area contributed by atoms with Gasteiger partial charge in [-0.3, -0.25) is 4.99 Å². The molecule has 0 fully saturated rings. The summed E-state index contributed by atoms with van der Waals surface area (Å²) in [6.45, 7) is 2.19. The van der Waals surface area contributed by atoms with Gasteiger partial charge in [0.15, 0.2) is 0 Å². The highest BCUT2D eigenvalue weighted by Gasteiger charge is 2.00. The van der Waals surface area contributed by atoms with Gasteiger partial charge in [0.2, 0.25) is 0 Å². The molecular weight excluding hydrogens is 262 g/mol. The lowest BCUT2D eigenvalue weighted by molar-refractivity contribution is 0.407. The molecule has 0 saturated carbocycles. The van der Waals surface area contributed by atoms with Crippen LogP contribution in [-0.4, -0.2) is 18.4 Å². The van der Waals surface area contributed by atoms with Gasteiger partial charge < -0.3 is 9.84 Å². The minimum atomic E-state index is 0.165. The first-order chi connectivity index (χ1) is 10.2. The third-order valence-corrected chi connectivity index (χ3v) is 3.35. The highest BCUT2D eigenvalue weighted by molar-refractivity contribution is 5.85. The Morgan fingerprint density at radius 2 is 1.90 bits per heavy atom. The van der Waals surface area contributed by atoms with Crippen molar-refractivity contribution in [3.63, 3.8) is 0 Å². The number of hydrogen-bond donors (Lipinski definition) is 1. The van der Waals surface area contributed by atoms with Crippen LogP contribution in [0.15, 0.2) is 47.5 Å². The average molecular weight is 283 g/mol. The largest absolute Gasteiger partial charge is 0.507 e. The molecule has 0 aliphatic rings. The van der Waals surface area contributed by atoms with Crippen LogP contribution in [0, 0.1) is 0 Å². The third kappa shape index (κ3) is 4.35. The molecular formula is C18H21NO2. The van der Waals surface area contributed by atoms with Crippen molar-refractivity contribution in [1.29, 1.82) is 0 Å². The molecule has 110 valence electrons. The molecule has 0 aliphatic carbocycles. The minimum absolute atomic E-state index is 0.165. The molecule has 2 aromatic carbocycles. The molecule has 0 saturated heterocycles. The van der Waals surface area contributed by atoms with E-state index in [-0.39, 0.29) is 5.75 Å². The summed E-state index contributed by atoms with van der Waals surface area (Å²) < 4.78 is 5.05. The lowest BCUT2D eigenvalue weighted by atomic mass is 10.1. The maximum absolute atomic E-state index is 9.87. The number of benzene rings is 2. The summed E-state index contributed by atoms with van der Waals surface area (Å²) in [4.78, 5) is 4.39. The van der Waals surface area contributed by atoms with E-state index < -0.39 is 0 Å². The summed E-state index contributed by atoms with van der Waals surface area (Å²) in [5, 5.41) is 9.87. The standard InChI is InChI=1S/C18H21NO2/c1-3-4-5-14-6-9-16(10-7-14)19-13-15-8-11-17(21-2)12-18(15)20/h6-13,20H,3-5H2,1-2H3. The Balaban J connectivity index is 2.06. The van der Waals surface area contributed by atoms with Crippen LogP contribution in [0.5, 0.6) is 11.5 Å². The van der Waals surface area contributed by atoms with Gasteiger partial charge in [0.05, 0.1) is 12.8 Å². The number of phenols is 1. The molecule has 2 aromatic rings. The number of unbranched alkanes of at least 4 members (excludes halogenated alkanes) is 1. The molecule has 0 spiro atoms. The fraction of sp³-hybridized carbons (Fsp3) is 0.278. The second kappa shape index (κ2) is 7.48. The molecule has 0 atom stereocenters. The first-order valence-electron chi connectivity index (χ1n) is 7.23. The van der Waals surface area contributed by atoms with Crippen molar-refractivity contribution in [2.75, 3.05) is 7.11 Å². The summed E-state index contributed by atoms with van der Waals surface area (Å²) in [7, 11) is 1.57. The number of nitrogens with zero attached hydrogens (tertiary/aromatic N) is 1. The number of rotatable bonds is 6. The van der Waals surface area contributed by atoms with E-state index in [0.717, 1.165) is 12.1 Å². The Bertz CT molecular complexity index is 603. The lowest BCUT2D eigenvalue weighted by Crippen LogP contribution is -1.86. The van der Waals surface area contributed by atoms with Crippen molar-refractivity contribution in [2.24, 2.45) is 4.99 Å². The van der Waals surface area contributed by atoms with E-state index in [1.54, 1.807) is 31.5 Å². The number of ether oxygens (including phenoxy) is 1. The first kappa shape index (κ1) is 15.1. The topological polar surface area (TPSA) is 41.8 Å². The zero-order chi connectivity index (χ0) is 15.1. The minimum Gasteiger partial charge on any atom is -0.507 e. The normalized spacial score (nSPS) is 11.0. The predicted molar refractivity (Wildman–Crippen MR) is 87.0 cm³/mol. The van der Waals surface area contributed by atoms with E-state index in [2.05, 4.69) is 24.0 Å². The van der Waals surface area contributed by atoms with Crippen molar-refractivity contribution in [3.8, 4) is 11.5 Å². The van der Waals surface area contributed by atoms with Gasteiger partial charge in [-0.15, -0.1) is 0 Å². The van der Waals surface area contributed by atoms with Crippen molar-refractivity contribution in [3.05, 3.63) is 53.6 Å². The van der Waals surface area contributed by atoms with Crippen LogP contribution in [-0.2, 0) is 6.42 Å². The van der Waals surface area contributed by atoms with E-state index in [4.69, 9.17) is 4.74 Å². The quantitative estimate of drug-likeness (QED) is 0.793. The van der Waals surface area contributed by atoms with Crippen LogP contribution in [0.1, 0.15) is 30.9 Å². The lowest BCUT2D eigenvalue weighted by Gasteiger charge is -2.03. The van der Waals surface area contributed by atoms with E-state index in [1.807, 2.05) is 12.1 Å². The molecule has 3 nitrogen and oxygen atoms in total. The van der Waals surface area contributed by atoms with Gasteiger partial charge in [-0.2, -0.15) is 0 Å². The Hall–Kier alpha value is -2.29. The second-order valence-electron chi connectivity index (χ2n) is 4.95. The Labute approximate surface area is 125 Å². The third-order valence-electron chi connectivity index (χ3n) is 3.35. The van der Waals surface area contributed by atoms with E-state index in [0.29, 0.717) is 11.3 Å². The van der Waals surface area contributed by atoms with E-state index in [9.17, 15) is 5.11 Å². The SMILES string of the molecule is CCCCc1ccc(N=Cc2ccc(OC)cc2O)cc1. The number of hydrogen-bond acceptors (Lipinski definition) is 3. The molecule has 0 heterocycles. The average Bonchev–Trinajstić information content (AvgIpc) is 2.52. The number of aromatic hydroxyl groups is 1. The smallest absolute Gasteiger partial charge is 0.128 e. The van der Waals surface area contributed by atoms with Crippen LogP contribution >= 0.6 is 0 Å². The molecule has 21 heavy (non-hydrogen) atoms. The molecule has 0 amide bonds. The van der Waals surface area contributed by atoms with Gasteiger partial charge in [0, 0.05) is 17.8 Å². The number of aryl methyl sites for hydroxylation is 1. The van der Waals surface area contributed by atoms with Gasteiger partial charge in [-0.25, -0.2) is 0 Å². The number of phenolic OH excluding ortho intramolecular Hbond substituents is 1. The molecule has 0 bridgehead atoms. The van der Waals surface area contributed by atoms with Crippen LogP contribution in [0.25, 0.3) is 0 Å². The van der Waals surface area contributed by atoms with Crippen molar-refractivity contribution in [2.45, 2.75) is 26.2 Å². The van der Waals surface area contributed by atoms with Gasteiger partial charge in [-0.05, 0) is 42.7 Å². The second-order valence-corrected chi connectivity index (χ2v) is 4.95. The first-order valence-corrected chi connectivity index (χ1v) is 7.23. The molecule has 1 N–H and O–H groups in total.